The molecule has 20 heavy (non-hydrogen) atoms. The van der Waals surface area contributed by atoms with Gasteiger partial charge in [-0.05, 0) is 61.8 Å². The highest BCUT2D eigenvalue weighted by Crippen LogP contribution is 2.35. The van der Waals surface area contributed by atoms with E-state index in [4.69, 9.17) is 0 Å². The number of rotatable bonds is 1. The van der Waals surface area contributed by atoms with Gasteiger partial charge in [-0.3, -0.25) is 5.32 Å². The third kappa shape index (κ3) is 1.78. The Morgan fingerprint density at radius 2 is 1.95 bits per heavy atom. The lowest BCUT2D eigenvalue weighted by atomic mass is 9.93. The van der Waals surface area contributed by atoms with Gasteiger partial charge in [0.2, 0.25) is 0 Å². The van der Waals surface area contributed by atoms with E-state index >= 15 is 0 Å². The Morgan fingerprint density at radius 1 is 1.20 bits per heavy atom. The van der Waals surface area contributed by atoms with Gasteiger partial charge in [-0.2, -0.15) is 5.01 Å². The van der Waals surface area contributed by atoms with Gasteiger partial charge in [-0.1, -0.05) is 0 Å². The molecule has 1 aromatic carbocycles. The van der Waals surface area contributed by atoms with Crippen LogP contribution < -0.4 is 10.7 Å². The first-order valence-electron chi connectivity index (χ1n) is 7.76. The number of hydrogen-bond donors (Lipinski definition) is 2. The third-order valence-corrected chi connectivity index (χ3v) is 4.93. The zero-order valence-electron chi connectivity index (χ0n) is 12.4. The molecule has 4 rings (SSSR count). The van der Waals surface area contributed by atoms with Crippen LogP contribution in [0.1, 0.15) is 36.8 Å². The van der Waals surface area contributed by atoms with Crippen molar-refractivity contribution < 1.29 is 4.58 Å². The molecule has 1 aromatic rings. The molecule has 0 amide bonds. The molecule has 106 valence electrons. The highest BCUT2D eigenvalue weighted by Gasteiger charge is 2.32. The van der Waals surface area contributed by atoms with Gasteiger partial charge in [0.15, 0.2) is 0 Å². The Bertz CT molecular complexity index is 586. The van der Waals surface area contributed by atoms with E-state index in [1.54, 1.807) is 0 Å². The summed E-state index contributed by atoms with van der Waals surface area (Å²) in [6, 6.07) is 5.36. The summed E-state index contributed by atoms with van der Waals surface area (Å²) >= 11 is 0. The second kappa shape index (κ2) is 4.40. The Kier molecular flexibility index (Phi) is 2.65. The lowest BCUT2D eigenvalue weighted by Gasteiger charge is -2.31. The van der Waals surface area contributed by atoms with Crippen LogP contribution in [0.3, 0.4) is 0 Å². The lowest BCUT2D eigenvalue weighted by molar-refractivity contribution is -0.415. The van der Waals surface area contributed by atoms with Crippen molar-refractivity contribution in [3.05, 3.63) is 23.3 Å². The van der Waals surface area contributed by atoms with Gasteiger partial charge < -0.3 is 0 Å². The fourth-order valence-corrected chi connectivity index (χ4v) is 3.48. The maximum atomic E-state index is 3.67. The Hall–Kier alpha value is -1.71. The van der Waals surface area contributed by atoms with E-state index in [1.807, 2.05) is 0 Å². The van der Waals surface area contributed by atoms with Gasteiger partial charge in [0.25, 0.3) is 0 Å². The average molecular weight is 271 g/mol. The fraction of sp³-hybridized carbons (Fsp3) is 0.562. The molecule has 1 aliphatic heterocycles. The van der Waals surface area contributed by atoms with Gasteiger partial charge in [-0.15, -0.1) is 0 Å². The largest absolute Gasteiger partial charge is 0.375 e. The zero-order chi connectivity index (χ0) is 13.7. The maximum Gasteiger partial charge on any atom is 0.375 e. The molecule has 0 bridgehead atoms. The van der Waals surface area contributed by atoms with Crippen molar-refractivity contribution in [1.29, 1.82) is 0 Å². The lowest BCUT2D eigenvalue weighted by Crippen LogP contribution is -2.53. The predicted octanol–water partition coefficient (Wildman–Crippen LogP) is 2.22. The van der Waals surface area contributed by atoms with E-state index in [0.717, 1.165) is 0 Å². The molecule has 0 unspecified atom stereocenters. The first kappa shape index (κ1) is 12.1. The van der Waals surface area contributed by atoms with Gasteiger partial charge >= 0.3 is 5.96 Å². The van der Waals surface area contributed by atoms with Crippen LogP contribution in [0.4, 0.5) is 11.4 Å². The summed E-state index contributed by atoms with van der Waals surface area (Å²) in [5.41, 5.74) is 9.10. The molecule has 4 nitrogen and oxygen atoms in total. The highest BCUT2D eigenvalue weighted by molar-refractivity contribution is 5.83. The van der Waals surface area contributed by atoms with Crippen LogP contribution in [0.5, 0.6) is 0 Å². The van der Waals surface area contributed by atoms with Gasteiger partial charge in [0.05, 0.1) is 20.1 Å². The van der Waals surface area contributed by atoms with Crippen LogP contribution in [0.2, 0.25) is 0 Å². The number of fused-ring (bicyclic) bond motifs is 2. The number of hydrogen-bond acceptors (Lipinski definition) is 3. The van der Waals surface area contributed by atoms with E-state index in [1.165, 1.54) is 67.0 Å². The summed E-state index contributed by atoms with van der Waals surface area (Å²) in [6.45, 7) is 0. The molecule has 0 aromatic heterocycles. The summed E-state index contributed by atoms with van der Waals surface area (Å²) in [5.74, 6) is 1.17. The number of anilines is 1. The summed E-state index contributed by atoms with van der Waals surface area (Å²) in [6.07, 6.45) is 7.71. The second-order valence-corrected chi connectivity index (χ2v) is 6.32. The van der Waals surface area contributed by atoms with E-state index in [2.05, 4.69) is 46.6 Å². The summed E-state index contributed by atoms with van der Waals surface area (Å²) < 4.78 is 2.29. The van der Waals surface area contributed by atoms with Crippen LogP contribution in [-0.2, 0) is 12.8 Å². The number of hydrazine groups is 1. The molecule has 0 saturated heterocycles. The average Bonchev–Trinajstić information content (AvgIpc) is 2.81. The Labute approximate surface area is 120 Å². The first-order chi connectivity index (χ1) is 9.72. The minimum atomic E-state index is 0.646. The van der Waals surface area contributed by atoms with Gasteiger partial charge in [0, 0.05) is 0 Å². The van der Waals surface area contributed by atoms with Crippen LogP contribution >= 0.6 is 0 Å². The van der Waals surface area contributed by atoms with Crippen molar-refractivity contribution in [2.75, 3.05) is 19.5 Å². The molecule has 0 spiro atoms. The van der Waals surface area contributed by atoms with Crippen molar-refractivity contribution in [1.82, 2.24) is 10.3 Å². The number of aryl methyl sites for hydroxylation is 2. The highest BCUT2D eigenvalue weighted by atomic mass is 15.6. The SMILES string of the molecule is CN1Nc2cc3c(cc2[N+](C)=C1NC1CCC1)CCC3. The van der Waals surface area contributed by atoms with E-state index < -0.39 is 0 Å². The molecule has 2 N–H and O–H groups in total. The predicted molar refractivity (Wildman–Crippen MR) is 81.5 cm³/mol. The van der Waals surface area contributed by atoms with Crippen LogP contribution in [0, 0.1) is 0 Å². The molecular formula is C16H23N4+. The summed E-state index contributed by atoms with van der Waals surface area (Å²) in [7, 11) is 4.26. The van der Waals surface area contributed by atoms with Crippen molar-refractivity contribution in [2.24, 2.45) is 0 Å². The van der Waals surface area contributed by atoms with Gasteiger partial charge in [0.1, 0.15) is 11.4 Å². The van der Waals surface area contributed by atoms with E-state index in [-0.39, 0.29) is 0 Å². The molecule has 0 radical (unpaired) electrons. The summed E-state index contributed by atoms with van der Waals surface area (Å²) in [4.78, 5) is 0. The Balaban J connectivity index is 1.74. The van der Waals surface area contributed by atoms with Gasteiger partial charge in [-0.25, -0.2) is 10.0 Å². The smallest absolute Gasteiger partial charge is 0.273 e. The van der Waals surface area contributed by atoms with Crippen molar-refractivity contribution in [2.45, 2.75) is 44.6 Å². The quantitative estimate of drug-likeness (QED) is 0.768. The Morgan fingerprint density at radius 3 is 2.65 bits per heavy atom. The molecule has 1 heterocycles. The van der Waals surface area contributed by atoms with E-state index in [0.29, 0.717) is 6.04 Å². The molecule has 2 aliphatic carbocycles. The molecule has 1 saturated carbocycles. The standard InChI is InChI=1S/C16H22N4/c1-19-15-10-12-6-3-5-11(12)9-14(15)18-20(2)16(19)17-13-7-4-8-13/h9-10,13,18H,3-8H2,1-2H3/p+1. The molecule has 4 heteroatoms. The number of nitrogens with one attached hydrogen (secondary N) is 2. The number of benzene rings is 1. The molecule has 3 aliphatic rings. The van der Waals surface area contributed by atoms with Crippen molar-refractivity contribution in [3.8, 4) is 0 Å². The van der Waals surface area contributed by atoms with Crippen LogP contribution in [-0.4, -0.2) is 35.7 Å². The maximum absolute atomic E-state index is 3.67. The summed E-state index contributed by atoms with van der Waals surface area (Å²) in [5, 5.41) is 5.78. The molecule has 0 atom stereocenters. The minimum absolute atomic E-state index is 0.646. The van der Waals surface area contributed by atoms with Crippen molar-refractivity contribution in [3.63, 3.8) is 0 Å². The minimum Gasteiger partial charge on any atom is -0.273 e. The monoisotopic (exact) mass is 271 g/mol. The zero-order valence-corrected chi connectivity index (χ0v) is 12.4. The third-order valence-electron chi connectivity index (χ3n) is 4.93. The second-order valence-electron chi connectivity index (χ2n) is 6.32. The van der Waals surface area contributed by atoms with Crippen molar-refractivity contribution >= 4 is 17.3 Å². The molecular weight excluding hydrogens is 248 g/mol. The van der Waals surface area contributed by atoms with E-state index in [9.17, 15) is 0 Å². The number of nitrogens with zero attached hydrogens (tertiary/aromatic N) is 2. The van der Waals surface area contributed by atoms with Crippen LogP contribution in [0.15, 0.2) is 12.1 Å². The van der Waals surface area contributed by atoms with Crippen LogP contribution in [0.25, 0.3) is 0 Å². The fourth-order valence-electron chi connectivity index (χ4n) is 3.48. The first-order valence-corrected chi connectivity index (χ1v) is 7.76. The molecule has 1 fully saturated rings. The topological polar surface area (TPSA) is 30.3 Å². The number of guanidine groups is 1. The normalized spacial score (nSPS) is 21.2.